The number of nitrogens with two attached hydrogens (primary N) is 1. The Bertz CT molecular complexity index is 853. The van der Waals surface area contributed by atoms with E-state index in [1.54, 1.807) is 18.2 Å². The van der Waals surface area contributed by atoms with E-state index >= 15 is 0 Å². The van der Waals surface area contributed by atoms with E-state index in [4.69, 9.17) is 5.73 Å². The van der Waals surface area contributed by atoms with Crippen LogP contribution in [0.25, 0.3) is 0 Å². The number of nitrogens with one attached hydrogen (secondary N) is 1. The first-order valence-electron chi connectivity index (χ1n) is 6.59. The third kappa shape index (κ3) is 4.37. The molecular weight excluding hydrogens is 360 g/mol. The maximum atomic E-state index is 11.6. The van der Waals surface area contributed by atoms with Gasteiger partial charge in [0.1, 0.15) is 16.1 Å². The summed E-state index contributed by atoms with van der Waals surface area (Å²) in [5, 5.41) is 2.58. The third-order valence-corrected chi connectivity index (χ3v) is 3.20. The van der Waals surface area contributed by atoms with Gasteiger partial charge in [0.15, 0.2) is 5.78 Å². The first-order chi connectivity index (χ1) is 10.9. The van der Waals surface area contributed by atoms with Crippen molar-refractivity contribution in [1.29, 1.82) is 0 Å². The van der Waals surface area contributed by atoms with Gasteiger partial charge in [-0.3, -0.25) is 9.59 Å². The van der Waals surface area contributed by atoms with Gasteiger partial charge in [0.25, 0.3) is 0 Å². The number of carbonyl (C=O) groups is 2. The van der Waals surface area contributed by atoms with E-state index in [9.17, 15) is 9.59 Å². The van der Waals surface area contributed by atoms with Gasteiger partial charge < -0.3 is 11.1 Å². The number of halogens is 1. The summed E-state index contributed by atoms with van der Waals surface area (Å²) in [6, 6.07) is 4.89. The van der Waals surface area contributed by atoms with E-state index < -0.39 is 0 Å². The molecule has 0 aliphatic rings. The van der Waals surface area contributed by atoms with Crippen molar-refractivity contribution in [3.63, 3.8) is 0 Å². The Morgan fingerprint density at radius 1 is 1.26 bits per heavy atom. The number of amides is 1. The molecule has 116 valence electrons. The fourth-order valence-corrected chi connectivity index (χ4v) is 2.20. The molecule has 0 bridgehead atoms. The molecule has 7 heteroatoms. The molecular formula is C16H13BrN4O2. The molecule has 0 aromatic carbocycles. The number of hydrogen-bond acceptors (Lipinski definition) is 5. The minimum Gasteiger partial charge on any atom is -0.396 e. The summed E-state index contributed by atoms with van der Waals surface area (Å²) in [6.07, 6.45) is 1.54. The Morgan fingerprint density at radius 3 is 2.65 bits per heavy atom. The minimum absolute atomic E-state index is 0.162. The van der Waals surface area contributed by atoms with E-state index in [0.29, 0.717) is 27.2 Å². The molecule has 2 rings (SSSR count). The smallest absolute Gasteiger partial charge is 0.222 e. The van der Waals surface area contributed by atoms with E-state index in [1.807, 2.05) is 0 Å². The van der Waals surface area contributed by atoms with E-state index in [1.165, 1.54) is 20.0 Å². The zero-order valence-electron chi connectivity index (χ0n) is 12.5. The molecule has 2 aromatic heterocycles. The third-order valence-electron chi connectivity index (χ3n) is 2.80. The number of nitrogens with zero attached hydrogens (tertiary/aromatic N) is 2. The van der Waals surface area contributed by atoms with Gasteiger partial charge in [0.2, 0.25) is 5.91 Å². The number of ketones is 1. The molecule has 0 aliphatic carbocycles. The molecule has 0 spiro atoms. The number of aromatic nitrogens is 2. The standard InChI is InChI=1S/C16H13BrN4O2/c1-9(22)12-8-14(17)21-13(16(12)18)4-3-11-5-6-19-15(7-11)20-10(2)23/h5-8H,18H2,1-2H3,(H,19,20,23). The molecule has 0 atom stereocenters. The maximum absolute atomic E-state index is 11.6. The van der Waals surface area contributed by atoms with Crippen LogP contribution in [0, 0.1) is 11.8 Å². The molecule has 2 aromatic rings. The van der Waals surface area contributed by atoms with Crippen molar-refractivity contribution in [3.8, 4) is 11.8 Å². The van der Waals surface area contributed by atoms with Crippen LogP contribution in [0.4, 0.5) is 11.5 Å². The summed E-state index contributed by atoms with van der Waals surface area (Å²) < 4.78 is 0.481. The monoisotopic (exact) mass is 372 g/mol. The molecule has 6 nitrogen and oxygen atoms in total. The lowest BCUT2D eigenvalue weighted by atomic mass is 10.1. The largest absolute Gasteiger partial charge is 0.396 e. The van der Waals surface area contributed by atoms with Crippen LogP contribution in [0.1, 0.15) is 35.5 Å². The number of carbonyl (C=O) groups excluding carboxylic acids is 2. The zero-order chi connectivity index (χ0) is 17.0. The van der Waals surface area contributed by atoms with Crippen molar-refractivity contribution >= 4 is 39.1 Å². The molecule has 0 aliphatic heterocycles. The second-order valence-electron chi connectivity index (χ2n) is 4.67. The van der Waals surface area contributed by atoms with Crippen molar-refractivity contribution in [2.75, 3.05) is 11.1 Å². The van der Waals surface area contributed by atoms with Crippen LogP contribution in [0.3, 0.4) is 0 Å². The lowest BCUT2D eigenvalue weighted by Crippen LogP contribution is -2.07. The highest BCUT2D eigenvalue weighted by Gasteiger charge is 2.11. The minimum atomic E-state index is -0.216. The highest BCUT2D eigenvalue weighted by atomic mass is 79.9. The predicted molar refractivity (Wildman–Crippen MR) is 90.9 cm³/mol. The second-order valence-corrected chi connectivity index (χ2v) is 5.48. The molecule has 2 heterocycles. The van der Waals surface area contributed by atoms with E-state index in [2.05, 4.69) is 43.1 Å². The summed E-state index contributed by atoms with van der Waals surface area (Å²) in [5.74, 6) is 5.76. The summed E-state index contributed by atoms with van der Waals surface area (Å²) in [7, 11) is 0. The summed E-state index contributed by atoms with van der Waals surface area (Å²) in [5.41, 5.74) is 7.48. The van der Waals surface area contributed by atoms with Gasteiger partial charge in [-0.15, -0.1) is 0 Å². The first-order valence-corrected chi connectivity index (χ1v) is 7.38. The van der Waals surface area contributed by atoms with Crippen LogP contribution in [-0.4, -0.2) is 21.7 Å². The first kappa shape index (κ1) is 16.6. The normalized spacial score (nSPS) is 9.70. The molecule has 0 saturated carbocycles. The topological polar surface area (TPSA) is 98.0 Å². The van der Waals surface area contributed by atoms with Gasteiger partial charge in [-0.05, 0) is 47.0 Å². The Hall–Kier alpha value is -2.72. The summed E-state index contributed by atoms with van der Waals surface area (Å²) >= 11 is 3.24. The Balaban J connectivity index is 2.39. The quantitative estimate of drug-likeness (QED) is 0.479. The van der Waals surface area contributed by atoms with Gasteiger partial charge in [-0.25, -0.2) is 9.97 Å². The molecule has 0 saturated heterocycles. The van der Waals surface area contributed by atoms with Crippen LogP contribution >= 0.6 is 15.9 Å². The fourth-order valence-electron chi connectivity index (χ4n) is 1.80. The Morgan fingerprint density at radius 2 is 2.00 bits per heavy atom. The van der Waals surface area contributed by atoms with Crippen molar-refractivity contribution in [2.24, 2.45) is 0 Å². The molecule has 3 N–H and O–H groups in total. The lowest BCUT2D eigenvalue weighted by Gasteiger charge is -2.04. The van der Waals surface area contributed by atoms with E-state index in [0.717, 1.165) is 0 Å². The highest BCUT2D eigenvalue weighted by molar-refractivity contribution is 9.10. The van der Waals surface area contributed by atoms with Crippen molar-refractivity contribution in [3.05, 3.63) is 45.8 Å². The van der Waals surface area contributed by atoms with Gasteiger partial charge in [0.05, 0.1) is 5.69 Å². The number of hydrogen-bond donors (Lipinski definition) is 2. The molecule has 0 radical (unpaired) electrons. The average Bonchev–Trinajstić information content (AvgIpc) is 2.47. The molecule has 0 fully saturated rings. The SMILES string of the molecule is CC(=O)Nc1cc(C#Cc2nc(Br)cc(C(C)=O)c2N)ccn1. The van der Waals surface area contributed by atoms with Gasteiger partial charge in [0, 0.05) is 24.2 Å². The number of anilines is 2. The summed E-state index contributed by atoms with van der Waals surface area (Å²) in [6.45, 7) is 2.83. The van der Waals surface area contributed by atoms with Gasteiger partial charge >= 0.3 is 0 Å². The van der Waals surface area contributed by atoms with Crippen molar-refractivity contribution < 1.29 is 9.59 Å². The van der Waals surface area contributed by atoms with Crippen LogP contribution in [0.15, 0.2) is 29.0 Å². The number of nitrogen functional groups attached to an aromatic ring is 1. The van der Waals surface area contributed by atoms with Crippen molar-refractivity contribution in [1.82, 2.24) is 9.97 Å². The number of Topliss-reactive ketones (excluding diaryl/α,β-unsaturated/α-hetero) is 1. The van der Waals surface area contributed by atoms with Crippen molar-refractivity contribution in [2.45, 2.75) is 13.8 Å². The fraction of sp³-hybridized carbons (Fsp3) is 0.125. The summed E-state index contributed by atoms with van der Waals surface area (Å²) in [4.78, 5) is 30.8. The molecule has 0 unspecified atom stereocenters. The van der Waals surface area contributed by atoms with Crippen LogP contribution < -0.4 is 11.1 Å². The van der Waals surface area contributed by atoms with E-state index in [-0.39, 0.29) is 17.4 Å². The Labute approximate surface area is 141 Å². The van der Waals surface area contributed by atoms with Crippen LogP contribution in [-0.2, 0) is 4.79 Å². The Kier molecular flexibility index (Phi) is 5.09. The lowest BCUT2D eigenvalue weighted by molar-refractivity contribution is -0.114. The maximum Gasteiger partial charge on any atom is 0.222 e. The second kappa shape index (κ2) is 7.03. The van der Waals surface area contributed by atoms with Crippen LogP contribution in [0.5, 0.6) is 0 Å². The molecule has 23 heavy (non-hydrogen) atoms. The van der Waals surface area contributed by atoms with Crippen LogP contribution in [0.2, 0.25) is 0 Å². The zero-order valence-corrected chi connectivity index (χ0v) is 14.1. The highest BCUT2D eigenvalue weighted by Crippen LogP contribution is 2.20. The van der Waals surface area contributed by atoms with Gasteiger partial charge in [-0.2, -0.15) is 0 Å². The van der Waals surface area contributed by atoms with Gasteiger partial charge in [-0.1, -0.05) is 5.92 Å². The predicted octanol–water partition coefficient (Wildman–Crippen LogP) is 2.38. The molecule has 1 amide bonds. The number of rotatable bonds is 2. The average molecular weight is 373 g/mol. The number of pyridine rings is 2.